The molecule has 3 aromatic rings. The summed E-state index contributed by atoms with van der Waals surface area (Å²) in [7, 11) is 5.11. The van der Waals surface area contributed by atoms with Crippen molar-refractivity contribution in [3.63, 3.8) is 0 Å². The number of hydrogen-bond donors (Lipinski definition) is 0. The van der Waals surface area contributed by atoms with Crippen molar-refractivity contribution < 1.29 is 27.4 Å². The third-order valence-electron chi connectivity index (χ3n) is 11.1. The van der Waals surface area contributed by atoms with Gasteiger partial charge in [0, 0.05) is 56.2 Å². The summed E-state index contributed by atoms with van der Waals surface area (Å²) in [6.07, 6.45) is 0.553. The van der Waals surface area contributed by atoms with Crippen LogP contribution in [0.25, 0.3) is 11.1 Å². The van der Waals surface area contributed by atoms with E-state index in [1.807, 2.05) is 44.3 Å². The highest BCUT2D eigenvalue weighted by Gasteiger charge is 2.46. The Bertz CT molecular complexity index is 1750. The number of aryl methyl sites for hydroxylation is 1. The highest BCUT2D eigenvalue weighted by atomic mass is 19.4. The van der Waals surface area contributed by atoms with E-state index in [0.29, 0.717) is 13.0 Å². The molecule has 1 amide bonds. The van der Waals surface area contributed by atoms with Crippen LogP contribution in [0.2, 0.25) is 0 Å². The number of piperidine rings is 1. The number of carbonyl (C=O) groups is 1. The molecule has 0 saturated carbocycles. The fraction of sp³-hybridized carbons (Fsp3) is 0.514. The second kappa shape index (κ2) is 12.8. The smallest absolute Gasteiger partial charge is 0.471 e. The zero-order chi connectivity index (χ0) is 34.5. The number of amides is 1. The molecule has 3 aliphatic rings. The first-order valence-electron chi connectivity index (χ1n) is 16.7. The molecule has 1 aromatic heterocycles. The summed E-state index contributed by atoms with van der Waals surface area (Å²) in [5.41, 5.74) is 7.54. The normalized spacial score (nSPS) is 19.5. The summed E-state index contributed by atoms with van der Waals surface area (Å²) < 4.78 is 53.1. The van der Waals surface area contributed by atoms with Gasteiger partial charge in [0.25, 0.3) is 5.56 Å². The van der Waals surface area contributed by atoms with Gasteiger partial charge in [0.2, 0.25) is 0 Å². The van der Waals surface area contributed by atoms with Gasteiger partial charge in [-0.1, -0.05) is 6.07 Å². The van der Waals surface area contributed by atoms with Crippen molar-refractivity contribution in [3.8, 4) is 22.6 Å². The van der Waals surface area contributed by atoms with E-state index >= 15 is 0 Å². The lowest BCUT2D eigenvalue weighted by Gasteiger charge is -2.40. The Labute approximate surface area is 280 Å². The zero-order valence-electron chi connectivity index (χ0n) is 28.7. The molecule has 2 saturated heterocycles. The maximum absolute atomic E-state index is 13.2. The minimum atomic E-state index is -4.87. The molecule has 48 heavy (non-hydrogen) atoms. The van der Waals surface area contributed by atoms with Crippen molar-refractivity contribution in [1.82, 2.24) is 14.4 Å². The summed E-state index contributed by atoms with van der Waals surface area (Å²) in [4.78, 5) is 30.3. The van der Waals surface area contributed by atoms with Crippen LogP contribution >= 0.6 is 0 Å². The van der Waals surface area contributed by atoms with E-state index in [1.165, 1.54) is 0 Å². The van der Waals surface area contributed by atoms with Crippen molar-refractivity contribution in [2.75, 3.05) is 51.8 Å². The van der Waals surface area contributed by atoms with Gasteiger partial charge in [0.05, 0.1) is 25.8 Å². The van der Waals surface area contributed by atoms with Gasteiger partial charge < -0.3 is 23.8 Å². The average Bonchev–Trinajstić information content (AvgIpc) is 3.49. The molecule has 4 heterocycles. The minimum absolute atomic E-state index is 0.00813. The van der Waals surface area contributed by atoms with Crippen LogP contribution in [0.15, 0.2) is 41.3 Å². The number of pyridine rings is 1. The van der Waals surface area contributed by atoms with Crippen molar-refractivity contribution in [3.05, 3.63) is 74.7 Å². The van der Waals surface area contributed by atoms with E-state index in [-0.39, 0.29) is 17.5 Å². The van der Waals surface area contributed by atoms with Gasteiger partial charge in [-0.25, -0.2) is 0 Å². The third kappa shape index (κ3) is 6.17. The fourth-order valence-corrected chi connectivity index (χ4v) is 7.97. The van der Waals surface area contributed by atoms with Crippen LogP contribution in [0.4, 0.5) is 18.9 Å². The molecule has 8 nitrogen and oxygen atoms in total. The van der Waals surface area contributed by atoms with Crippen LogP contribution in [0.3, 0.4) is 0 Å². The van der Waals surface area contributed by atoms with Gasteiger partial charge in [-0.05, 0) is 111 Å². The summed E-state index contributed by atoms with van der Waals surface area (Å²) in [6.45, 7) is 9.92. The van der Waals surface area contributed by atoms with Crippen molar-refractivity contribution >= 4 is 11.6 Å². The average molecular weight is 667 g/mol. The van der Waals surface area contributed by atoms with Crippen LogP contribution in [-0.4, -0.2) is 73.4 Å². The second-order valence-electron chi connectivity index (χ2n) is 13.8. The van der Waals surface area contributed by atoms with Gasteiger partial charge in [0.1, 0.15) is 11.5 Å². The molecule has 3 aliphatic heterocycles. The van der Waals surface area contributed by atoms with Crippen molar-refractivity contribution in [1.29, 1.82) is 0 Å². The quantitative estimate of drug-likeness (QED) is 0.313. The maximum Gasteiger partial charge on any atom is 0.471 e. The van der Waals surface area contributed by atoms with Crippen LogP contribution in [0.1, 0.15) is 60.0 Å². The van der Waals surface area contributed by atoms with Crippen molar-refractivity contribution in [2.24, 2.45) is 12.5 Å². The molecule has 258 valence electrons. The van der Waals surface area contributed by atoms with Gasteiger partial charge >= 0.3 is 12.1 Å². The molecular formula is C37H45F3N4O4. The Morgan fingerprint density at radius 2 is 1.60 bits per heavy atom. The number of nitrogens with zero attached hydrogens (tertiary/aromatic N) is 4. The number of carbonyl (C=O) groups excluding carboxylic acids is 1. The summed E-state index contributed by atoms with van der Waals surface area (Å²) in [5, 5.41) is 0. The number of halogens is 3. The molecule has 2 fully saturated rings. The lowest BCUT2D eigenvalue weighted by Crippen LogP contribution is -2.45. The van der Waals surface area contributed by atoms with Crippen LogP contribution in [0.5, 0.6) is 11.5 Å². The number of hydrogen-bond acceptors (Lipinski definition) is 6. The standard InChI is InChI=1S/C37H45F3N4O4/c1-23-24(2)34(45)41(4)20-30(23)27-17-32(47-5)31(33(18-27)48-6)21-42-14-10-36(11-15-42)12-16-43(22-36)28-8-7-26-9-13-44(25(3)29(26)19-28)35(46)37(38,39)40/h7-8,17-20,25H,9-16,21-22H2,1-6H3/t25-/m1/s1. The first-order valence-corrected chi connectivity index (χ1v) is 16.7. The number of ether oxygens (including phenoxy) is 2. The Morgan fingerprint density at radius 1 is 0.958 bits per heavy atom. The Balaban J connectivity index is 1.14. The molecule has 2 aromatic carbocycles. The van der Waals surface area contributed by atoms with Crippen LogP contribution < -0.4 is 19.9 Å². The number of methoxy groups -OCH3 is 2. The molecule has 0 radical (unpaired) electrons. The molecule has 0 aliphatic carbocycles. The molecule has 1 spiro atoms. The predicted octanol–water partition coefficient (Wildman–Crippen LogP) is 6.19. The van der Waals surface area contributed by atoms with E-state index in [9.17, 15) is 22.8 Å². The fourth-order valence-electron chi connectivity index (χ4n) is 7.97. The van der Waals surface area contributed by atoms with E-state index in [0.717, 1.165) is 106 Å². The van der Waals surface area contributed by atoms with E-state index < -0.39 is 18.1 Å². The second-order valence-corrected chi connectivity index (χ2v) is 13.8. The first kappa shape index (κ1) is 33.9. The molecular weight excluding hydrogens is 621 g/mol. The number of rotatable bonds is 6. The molecule has 0 unspecified atom stereocenters. The molecule has 0 bridgehead atoms. The summed E-state index contributed by atoms with van der Waals surface area (Å²) in [5.74, 6) is -0.266. The number of aromatic nitrogens is 1. The number of benzene rings is 2. The summed E-state index contributed by atoms with van der Waals surface area (Å²) in [6, 6.07) is 9.55. The van der Waals surface area contributed by atoms with Gasteiger partial charge in [-0.3, -0.25) is 14.5 Å². The third-order valence-corrected chi connectivity index (χ3v) is 11.1. The van der Waals surface area contributed by atoms with Gasteiger partial charge in [-0.15, -0.1) is 0 Å². The van der Waals surface area contributed by atoms with Crippen molar-refractivity contribution in [2.45, 2.75) is 65.2 Å². The lowest BCUT2D eigenvalue weighted by molar-refractivity contribution is -0.188. The summed E-state index contributed by atoms with van der Waals surface area (Å²) >= 11 is 0. The van der Waals surface area contributed by atoms with Crippen LogP contribution in [0, 0.1) is 19.3 Å². The Kier molecular flexibility index (Phi) is 9.04. The largest absolute Gasteiger partial charge is 0.496 e. The van der Waals surface area contributed by atoms with Gasteiger partial charge in [-0.2, -0.15) is 13.2 Å². The zero-order valence-corrected chi connectivity index (χ0v) is 28.7. The lowest BCUT2D eigenvalue weighted by atomic mass is 9.77. The Hall–Kier alpha value is -3.99. The number of likely N-dealkylation sites (tertiary alicyclic amines) is 1. The SMILES string of the molecule is COc1cc(-c2cn(C)c(=O)c(C)c2C)cc(OC)c1CN1CCC2(CC1)CCN(c1ccc3c(c1)[C@@H](C)N(C(=O)C(F)(F)F)CC3)C2. The molecule has 0 N–H and O–H groups in total. The number of alkyl halides is 3. The topological polar surface area (TPSA) is 67.2 Å². The molecule has 1 atom stereocenters. The predicted molar refractivity (Wildman–Crippen MR) is 180 cm³/mol. The maximum atomic E-state index is 13.2. The van der Waals surface area contributed by atoms with Crippen LogP contribution in [-0.2, 0) is 24.8 Å². The van der Waals surface area contributed by atoms with E-state index in [2.05, 4.69) is 15.9 Å². The Morgan fingerprint density at radius 3 is 2.23 bits per heavy atom. The van der Waals surface area contributed by atoms with E-state index in [1.54, 1.807) is 32.8 Å². The van der Waals surface area contributed by atoms with Gasteiger partial charge in [0.15, 0.2) is 0 Å². The molecule has 11 heteroatoms. The highest BCUT2D eigenvalue weighted by molar-refractivity contribution is 5.82. The number of fused-ring (bicyclic) bond motifs is 1. The molecule has 6 rings (SSSR count). The minimum Gasteiger partial charge on any atom is -0.496 e. The monoisotopic (exact) mass is 666 g/mol. The first-order chi connectivity index (χ1) is 22.7. The number of anilines is 1. The van der Waals surface area contributed by atoms with E-state index in [4.69, 9.17) is 9.47 Å². The highest BCUT2D eigenvalue weighted by Crippen LogP contribution is 2.44.